The summed E-state index contributed by atoms with van der Waals surface area (Å²) in [7, 11) is 1.81. The molecule has 0 aliphatic carbocycles. The Hall–Kier alpha value is -0.680. The quantitative estimate of drug-likeness (QED) is 0.894. The zero-order valence-electron chi connectivity index (χ0n) is 10.3. The number of carbonyl (C=O) groups is 1. The van der Waals surface area contributed by atoms with E-state index >= 15 is 0 Å². The van der Waals surface area contributed by atoms with Gasteiger partial charge in [-0.15, -0.1) is 12.4 Å². The molecule has 7 heteroatoms. The molecule has 1 aliphatic rings. The van der Waals surface area contributed by atoms with E-state index in [-0.39, 0.29) is 24.4 Å². The molecule has 0 aromatic heterocycles. The maximum Gasteiger partial charge on any atom is 0.221 e. The molecule has 2 N–H and O–H groups in total. The van der Waals surface area contributed by atoms with Crippen LogP contribution in [0.4, 0.5) is 0 Å². The van der Waals surface area contributed by atoms with Crippen molar-refractivity contribution < 1.29 is 9.53 Å². The Balaban J connectivity index is 0.00000180. The van der Waals surface area contributed by atoms with Gasteiger partial charge in [0, 0.05) is 18.5 Å². The van der Waals surface area contributed by atoms with Crippen LogP contribution in [0.25, 0.3) is 0 Å². The molecule has 1 aliphatic heterocycles. The van der Waals surface area contributed by atoms with Gasteiger partial charge in [-0.1, -0.05) is 29.3 Å². The maximum absolute atomic E-state index is 11.7. The lowest BCUT2D eigenvalue weighted by molar-refractivity contribution is -0.121. The number of amides is 1. The van der Waals surface area contributed by atoms with Crippen molar-refractivity contribution in [2.24, 2.45) is 0 Å². The highest BCUT2D eigenvalue weighted by molar-refractivity contribution is 6.43. The molecule has 0 fully saturated rings. The van der Waals surface area contributed by atoms with Gasteiger partial charge in [0.25, 0.3) is 0 Å². The smallest absolute Gasteiger partial charge is 0.221 e. The number of fused-ring (bicyclic) bond motifs is 1. The average Bonchev–Trinajstić information content (AvgIpc) is 2.75. The number of ether oxygens (including phenoxy) is 1. The number of benzene rings is 1. The molecule has 1 unspecified atom stereocenters. The summed E-state index contributed by atoms with van der Waals surface area (Å²) >= 11 is 12.0. The van der Waals surface area contributed by atoms with Crippen molar-refractivity contribution in [3.8, 4) is 5.75 Å². The highest BCUT2D eigenvalue weighted by Crippen LogP contribution is 2.41. The van der Waals surface area contributed by atoms with Gasteiger partial charge in [-0.25, -0.2) is 0 Å². The van der Waals surface area contributed by atoms with Crippen molar-refractivity contribution in [3.63, 3.8) is 0 Å². The van der Waals surface area contributed by atoms with E-state index in [0.717, 1.165) is 5.56 Å². The number of hydrogen-bond donors (Lipinski definition) is 2. The molecule has 1 amide bonds. The van der Waals surface area contributed by atoms with Crippen LogP contribution in [0.15, 0.2) is 12.1 Å². The van der Waals surface area contributed by atoms with E-state index in [1.807, 2.05) is 13.1 Å². The van der Waals surface area contributed by atoms with Crippen LogP contribution >= 0.6 is 35.6 Å². The van der Waals surface area contributed by atoms with Crippen molar-refractivity contribution in [2.45, 2.75) is 12.5 Å². The van der Waals surface area contributed by atoms with Gasteiger partial charge in [0.1, 0.15) is 17.4 Å². The lowest BCUT2D eigenvalue weighted by Gasteiger charge is -2.11. The van der Waals surface area contributed by atoms with Crippen LogP contribution in [0, 0.1) is 0 Å². The molecule has 0 radical (unpaired) electrons. The van der Waals surface area contributed by atoms with Gasteiger partial charge in [-0.3, -0.25) is 4.79 Å². The van der Waals surface area contributed by atoms with Gasteiger partial charge in [0.05, 0.1) is 11.1 Å². The van der Waals surface area contributed by atoms with E-state index in [1.54, 1.807) is 6.07 Å². The van der Waals surface area contributed by atoms with Crippen LogP contribution in [-0.4, -0.2) is 26.1 Å². The summed E-state index contributed by atoms with van der Waals surface area (Å²) in [4.78, 5) is 11.7. The van der Waals surface area contributed by atoms with E-state index in [0.29, 0.717) is 35.4 Å². The number of hydrogen-bond acceptors (Lipinski definition) is 3. The third-order valence-corrected chi connectivity index (χ3v) is 3.57. The first-order valence-electron chi connectivity index (χ1n) is 5.68. The van der Waals surface area contributed by atoms with Crippen molar-refractivity contribution >= 4 is 41.5 Å². The second-order valence-electron chi connectivity index (χ2n) is 4.06. The summed E-state index contributed by atoms with van der Waals surface area (Å²) in [6.07, 6.45) is 0.434. The SMILES string of the molecule is CNCCC(=O)NC1COc2c1ccc(Cl)c2Cl.Cl. The molecule has 1 atom stereocenters. The zero-order valence-corrected chi connectivity index (χ0v) is 12.7. The molecule has 1 aromatic carbocycles. The normalized spacial score (nSPS) is 16.3. The first-order chi connectivity index (χ1) is 8.63. The van der Waals surface area contributed by atoms with E-state index in [2.05, 4.69) is 10.6 Å². The third kappa shape index (κ3) is 3.66. The highest BCUT2D eigenvalue weighted by Gasteiger charge is 2.28. The van der Waals surface area contributed by atoms with Crippen LogP contribution in [0.5, 0.6) is 5.75 Å². The highest BCUT2D eigenvalue weighted by atomic mass is 35.5. The largest absolute Gasteiger partial charge is 0.489 e. The Morgan fingerprint density at radius 1 is 1.47 bits per heavy atom. The van der Waals surface area contributed by atoms with Crippen molar-refractivity contribution in [1.82, 2.24) is 10.6 Å². The number of rotatable bonds is 4. The molecule has 1 heterocycles. The van der Waals surface area contributed by atoms with Crippen LogP contribution < -0.4 is 15.4 Å². The predicted molar refractivity (Wildman–Crippen MR) is 78.6 cm³/mol. The zero-order chi connectivity index (χ0) is 13.1. The second-order valence-corrected chi connectivity index (χ2v) is 4.85. The first-order valence-corrected chi connectivity index (χ1v) is 6.43. The molecule has 4 nitrogen and oxygen atoms in total. The summed E-state index contributed by atoms with van der Waals surface area (Å²) in [5.74, 6) is 0.556. The first kappa shape index (κ1) is 16.4. The molecule has 19 heavy (non-hydrogen) atoms. The molecule has 0 bridgehead atoms. The fraction of sp³-hybridized carbons (Fsp3) is 0.417. The maximum atomic E-state index is 11.7. The van der Waals surface area contributed by atoms with Gasteiger partial charge >= 0.3 is 0 Å². The summed E-state index contributed by atoms with van der Waals surface area (Å²) in [6, 6.07) is 3.39. The van der Waals surface area contributed by atoms with Gasteiger partial charge < -0.3 is 15.4 Å². The van der Waals surface area contributed by atoms with Crippen LogP contribution in [-0.2, 0) is 4.79 Å². The monoisotopic (exact) mass is 324 g/mol. The molecule has 0 saturated heterocycles. The molecule has 1 aromatic rings. The minimum Gasteiger partial charge on any atom is -0.489 e. The number of halogens is 3. The molecule has 0 spiro atoms. The fourth-order valence-electron chi connectivity index (χ4n) is 1.85. The Morgan fingerprint density at radius 2 is 2.21 bits per heavy atom. The Labute approximate surface area is 128 Å². The number of carbonyl (C=O) groups excluding carboxylic acids is 1. The number of nitrogens with one attached hydrogen (secondary N) is 2. The fourth-order valence-corrected chi connectivity index (χ4v) is 2.22. The van der Waals surface area contributed by atoms with Crippen LogP contribution in [0.1, 0.15) is 18.0 Å². The van der Waals surface area contributed by atoms with E-state index in [4.69, 9.17) is 27.9 Å². The lowest BCUT2D eigenvalue weighted by atomic mass is 10.1. The Kier molecular flexibility index (Phi) is 6.20. The second kappa shape index (κ2) is 7.20. The molecular formula is C12H15Cl3N2O2. The predicted octanol–water partition coefficient (Wildman–Crippen LogP) is 2.57. The lowest BCUT2D eigenvalue weighted by Crippen LogP contribution is -2.31. The van der Waals surface area contributed by atoms with Crippen molar-refractivity contribution in [2.75, 3.05) is 20.2 Å². The summed E-state index contributed by atoms with van der Waals surface area (Å²) in [6.45, 7) is 1.04. The molecular weight excluding hydrogens is 311 g/mol. The van der Waals surface area contributed by atoms with Crippen LogP contribution in [0.2, 0.25) is 10.0 Å². The average molecular weight is 326 g/mol. The minimum absolute atomic E-state index is 0. The summed E-state index contributed by atoms with van der Waals surface area (Å²) < 4.78 is 5.48. The van der Waals surface area contributed by atoms with Crippen LogP contribution in [0.3, 0.4) is 0 Å². The molecule has 0 saturated carbocycles. The topological polar surface area (TPSA) is 50.4 Å². The van der Waals surface area contributed by atoms with E-state index in [9.17, 15) is 4.79 Å². The van der Waals surface area contributed by atoms with E-state index in [1.165, 1.54) is 0 Å². The summed E-state index contributed by atoms with van der Waals surface area (Å²) in [5, 5.41) is 6.70. The van der Waals surface area contributed by atoms with Gasteiger partial charge in [-0.05, 0) is 13.1 Å². The van der Waals surface area contributed by atoms with Gasteiger partial charge in [-0.2, -0.15) is 0 Å². The molecule has 106 valence electrons. The van der Waals surface area contributed by atoms with E-state index < -0.39 is 0 Å². The van der Waals surface area contributed by atoms with Gasteiger partial charge in [0.2, 0.25) is 5.91 Å². The Morgan fingerprint density at radius 3 is 2.89 bits per heavy atom. The Bertz CT molecular complexity index is 469. The molecule has 2 rings (SSSR count). The van der Waals surface area contributed by atoms with Gasteiger partial charge in [0.15, 0.2) is 0 Å². The standard InChI is InChI=1S/C12H14Cl2N2O2.ClH/c1-15-5-4-10(17)16-9-6-18-12-7(9)2-3-8(13)11(12)14;/h2-3,9,15H,4-6H2,1H3,(H,16,17);1H. The minimum atomic E-state index is -0.154. The van der Waals surface area contributed by atoms with Crippen molar-refractivity contribution in [3.05, 3.63) is 27.7 Å². The summed E-state index contributed by atoms with van der Waals surface area (Å²) in [5.41, 5.74) is 0.877. The third-order valence-electron chi connectivity index (χ3n) is 2.79. The van der Waals surface area contributed by atoms with Crippen molar-refractivity contribution in [1.29, 1.82) is 0 Å².